The van der Waals surface area contributed by atoms with E-state index in [9.17, 15) is 0 Å². The van der Waals surface area contributed by atoms with Crippen molar-refractivity contribution in [1.29, 1.82) is 0 Å². The summed E-state index contributed by atoms with van der Waals surface area (Å²) in [6, 6.07) is 0.0730. The Morgan fingerprint density at radius 3 is 2.75 bits per heavy atom. The van der Waals surface area contributed by atoms with Gasteiger partial charge >= 0.3 is 0 Å². The molecule has 16 heavy (non-hydrogen) atoms. The second-order valence-corrected chi connectivity index (χ2v) is 4.70. The molecule has 1 fully saturated rings. The zero-order chi connectivity index (χ0) is 11.4. The average molecular weight is 222 g/mol. The highest BCUT2D eigenvalue weighted by Crippen LogP contribution is 2.11. The van der Waals surface area contributed by atoms with Gasteiger partial charge in [0.25, 0.3) is 0 Å². The van der Waals surface area contributed by atoms with Crippen LogP contribution in [-0.2, 0) is 6.54 Å². The Morgan fingerprint density at radius 2 is 2.06 bits per heavy atom. The number of rotatable bonds is 4. The van der Waals surface area contributed by atoms with Crippen LogP contribution in [0.3, 0.4) is 0 Å². The first-order chi connectivity index (χ1) is 7.77. The summed E-state index contributed by atoms with van der Waals surface area (Å²) < 4.78 is 2.18. The molecule has 1 aliphatic heterocycles. The zero-order valence-electron chi connectivity index (χ0n) is 10.1. The van der Waals surface area contributed by atoms with Crippen molar-refractivity contribution in [2.24, 2.45) is 5.73 Å². The molecule has 1 aromatic rings. The Bertz CT molecular complexity index is 313. The number of piperidine rings is 1. The Balaban J connectivity index is 1.86. The van der Waals surface area contributed by atoms with E-state index in [4.69, 9.17) is 5.73 Å². The van der Waals surface area contributed by atoms with Crippen molar-refractivity contribution in [3.63, 3.8) is 0 Å². The lowest BCUT2D eigenvalue weighted by Gasteiger charge is -2.26. The molecule has 0 amide bonds. The molecule has 0 spiro atoms. The second kappa shape index (κ2) is 5.46. The Hall–Kier alpha value is -0.870. The Labute approximate surface area is 97.4 Å². The number of imidazole rings is 1. The van der Waals surface area contributed by atoms with E-state index < -0.39 is 0 Å². The summed E-state index contributed by atoms with van der Waals surface area (Å²) in [5.41, 5.74) is 7.03. The standard InChI is InChI=1S/C12H22N4/c1-11(13)12-9-14-10-16(12)8-7-15-5-3-2-4-6-15/h9-11H,2-8,13H2,1H3/t11-/m0/s1. The lowest BCUT2D eigenvalue weighted by atomic mass is 10.1. The summed E-state index contributed by atoms with van der Waals surface area (Å²) in [6.07, 6.45) is 7.87. The molecule has 0 radical (unpaired) electrons. The number of hydrogen-bond donors (Lipinski definition) is 1. The van der Waals surface area contributed by atoms with Gasteiger partial charge in [-0.1, -0.05) is 6.42 Å². The van der Waals surface area contributed by atoms with Crippen LogP contribution in [0.4, 0.5) is 0 Å². The molecule has 0 aromatic carbocycles. The second-order valence-electron chi connectivity index (χ2n) is 4.70. The van der Waals surface area contributed by atoms with Crippen molar-refractivity contribution < 1.29 is 0 Å². The molecule has 1 aliphatic rings. The van der Waals surface area contributed by atoms with Crippen LogP contribution in [0.25, 0.3) is 0 Å². The van der Waals surface area contributed by atoms with Gasteiger partial charge in [0.05, 0.1) is 12.0 Å². The molecule has 1 aromatic heterocycles. The van der Waals surface area contributed by atoms with Crippen LogP contribution >= 0.6 is 0 Å². The maximum atomic E-state index is 5.89. The molecule has 4 nitrogen and oxygen atoms in total. The summed E-state index contributed by atoms with van der Waals surface area (Å²) in [7, 11) is 0. The van der Waals surface area contributed by atoms with E-state index in [0.29, 0.717) is 0 Å². The quantitative estimate of drug-likeness (QED) is 0.837. The smallest absolute Gasteiger partial charge is 0.0949 e. The van der Waals surface area contributed by atoms with Gasteiger partial charge in [-0.2, -0.15) is 0 Å². The third-order valence-electron chi connectivity index (χ3n) is 3.32. The molecule has 90 valence electrons. The van der Waals surface area contributed by atoms with E-state index in [1.54, 1.807) is 0 Å². The fourth-order valence-electron chi connectivity index (χ4n) is 2.33. The van der Waals surface area contributed by atoms with E-state index in [1.165, 1.54) is 32.4 Å². The van der Waals surface area contributed by atoms with Crippen LogP contribution in [0.1, 0.15) is 37.9 Å². The summed E-state index contributed by atoms with van der Waals surface area (Å²) >= 11 is 0. The lowest BCUT2D eigenvalue weighted by molar-refractivity contribution is 0.220. The topological polar surface area (TPSA) is 47.1 Å². The molecule has 0 aliphatic carbocycles. The van der Waals surface area contributed by atoms with Crippen molar-refractivity contribution in [2.75, 3.05) is 19.6 Å². The predicted molar refractivity (Wildman–Crippen MR) is 65.1 cm³/mol. The number of nitrogens with zero attached hydrogens (tertiary/aromatic N) is 3. The van der Waals surface area contributed by atoms with Crippen LogP contribution in [-0.4, -0.2) is 34.1 Å². The zero-order valence-corrected chi connectivity index (χ0v) is 10.1. The average Bonchev–Trinajstić information content (AvgIpc) is 2.76. The van der Waals surface area contributed by atoms with Crippen molar-refractivity contribution in [1.82, 2.24) is 14.5 Å². The van der Waals surface area contributed by atoms with Gasteiger partial charge in [-0.25, -0.2) is 4.98 Å². The number of likely N-dealkylation sites (tertiary alicyclic amines) is 1. The van der Waals surface area contributed by atoms with Crippen LogP contribution in [0.5, 0.6) is 0 Å². The van der Waals surface area contributed by atoms with Crippen molar-refractivity contribution >= 4 is 0 Å². The van der Waals surface area contributed by atoms with E-state index in [-0.39, 0.29) is 6.04 Å². The molecule has 2 rings (SSSR count). The molecule has 1 atom stereocenters. The number of hydrogen-bond acceptors (Lipinski definition) is 3. The van der Waals surface area contributed by atoms with E-state index >= 15 is 0 Å². The molecule has 1 saturated heterocycles. The van der Waals surface area contributed by atoms with Crippen LogP contribution < -0.4 is 5.73 Å². The first-order valence-electron chi connectivity index (χ1n) is 6.25. The van der Waals surface area contributed by atoms with Crippen LogP contribution in [0.15, 0.2) is 12.5 Å². The lowest BCUT2D eigenvalue weighted by Crippen LogP contribution is -2.32. The van der Waals surface area contributed by atoms with Crippen LogP contribution in [0.2, 0.25) is 0 Å². The van der Waals surface area contributed by atoms with Gasteiger partial charge in [0, 0.05) is 25.3 Å². The first kappa shape index (κ1) is 11.6. The molecule has 0 unspecified atom stereocenters. The summed E-state index contributed by atoms with van der Waals surface area (Å²) in [5.74, 6) is 0. The van der Waals surface area contributed by atoms with Gasteiger partial charge in [-0.3, -0.25) is 0 Å². The van der Waals surface area contributed by atoms with Crippen LogP contribution in [0, 0.1) is 0 Å². The maximum absolute atomic E-state index is 5.89. The number of aromatic nitrogens is 2. The minimum absolute atomic E-state index is 0.0730. The molecular formula is C12H22N4. The highest BCUT2D eigenvalue weighted by atomic mass is 15.2. The molecule has 2 heterocycles. The van der Waals surface area contributed by atoms with Crippen molar-refractivity contribution in [2.45, 2.75) is 38.8 Å². The summed E-state index contributed by atoms with van der Waals surface area (Å²) in [6.45, 7) is 6.64. The van der Waals surface area contributed by atoms with Gasteiger partial charge in [0.1, 0.15) is 0 Å². The fourth-order valence-corrected chi connectivity index (χ4v) is 2.33. The largest absolute Gasteiger partial charge is 0.332 e. The number of nitrogens with two attached hydrogens (primary N) is 1. The minimum atomic E-state index is 0.0730. The monoisotopic (exact) mass is 222 g/mol. The van der Waals surface area contributed by atoms with Gasteiger partial charge in [0.2, 0.25) is 0 Å². The molecule has 2 N–H and O–H groups in total. The molecule has 0 bridgehead atoms. The minimum Gasteiger partial charge on any atom is -0.332 e. The summed E-state index contributed by atoms with van der Waals surface area (Å²) in [4.78, 5) is 6.71. The highest BCUT2D eigenvalue weighted by Gasteiger charge is 2.11. The van der Waals surface area contributed by atoms with Gasteiger partial charge in [0.15, 0.2) is 0 Å². The third kappa shape index (κ3) is 2.83. The summed E-state index contributed by atoms with van der Waals surface area (Å²) in [5, 5.41) is 0. The molecular weight excluding hydrogens is 200 g/mol. The first-order valence-corrected chi connectivity index (χ1v) is 6.25. The van der Waals surface area contributed by atoms with Gasteiger partial charge in [-0.05, 0) is 32.9 Å². The normalized spacial score (nSPS) is 19.9. The third-order valence-corrected chi connectivity index (χ3v) is 3.32. The van der Waals surface area contributed by atoms with Crippen molar-refractivity contribution in [3.8, 4) is 0 Å². The molecule has 0 saturated carbocycles. The Kier molecular flexibility index (Phi) is 3.96. The maximum Gasteiger partial charge on any atom is 0.0949 e. The highest BCUT2D eigenvalue weighted by molar-refractivity contribution is 5.03. The molecule has 4 heteroatoms. The van der Waals surface area contributed by atoms with E-state index in [2.05, 4.69) is 14.5 Å². The van der Waals surface area contributed by atoms with Gasteiger partial charge in [-0.15, -0.1) is 0 Å². The van der Waals surface area contributed by atoms with Crippen molar-refractivity contribution in [3.05, 3.63) is 18.2 Å². The van der Waals surface area contributed by atoms with E-state index in [1.807, 2.05) is 19.4 Å². The fraction of sp³-hybridized carbons (Fsp3) is 0.750. The van der Waals surface area contributed by atoms with Gasteiger partial charge < -0.3 is 15.2 Å². The predicted octanol–water partition coefficient (Wildman–Crippen LogP) is 1.39. The Morgan fingerprint density at radius 1 is 1.31 bits per heavy atom. The van der Waals surface area contributed by atoms with E-state index in [0.717, 1.165) is 18.8 Å². The SMILES string of the molecule is C[C@H](N)c1cncn1CCN1CCCCC1.